The van der Waals surface area contributed by atoms with Gasteiger partial charge in [0.05, 0.1) is 31.1 Å². The van der Waals surface area contributed by atoms with E-state index in [2.05, 4.69) is 11.9 Å². The minimum absolute atomic E-state index is 0.198. The highest BCUT2D eigenvalue weighted by molar-refractivity contribution is 5.70. The summed E-state index contributed by atoms with van der Waals surface area (Å²) in [5.41, 5.74) is 6.82. The summed E-state index contributed by atoms with van der Waals surface area (Å²) in [7, 11) is 0. The van der Waals surface area contributed by atoms with Crippen molar-refractivity contribution in [2.75, 3.05) is 6.61 Å². The molecule has 5 heteroatoms. The maximum absolute atomic E-state index is 11.3. The largest absolute Gasteiger partial charge is 0.466 e. The van der Waals surface area contributed by atoms with Crippen LogP contribution in [0.2, 0.25) is 0 Å². The summed E-state index contributed by atoms with van der Waals surface area (Å²) in [5, 5.41) is 0. The number of rotatable bonds is 6. The van der Waals surface area contributed by atoms with E-state index < -0.39 is 0 Å². The average Bonchev–Trinajstić information content (AvgIpc) is 2.66. The molecule has 0 saturated heterocycles. The van der Waals surface area contributed by atoms with Crippen LogP contribution in [0.5, 0.6) is 0 Å². The highest BCUT2D eigenvalue weighted by Gasteiger charge is 2.15. The van der Waals surface area contributed by atoms with E-state index in [0.29, 0.717) is 6.61 Å². The lowest BCUT2D eigenvalue weighted by Crippen LogP contribution is -2.20. The molecule has 1 aromatic rings. The van der Waals surface area contributed by atoms with Crippen LogP contribution in [0.25, 0.3) is 0 Å². The Morgan fingerprint density at radius 2 is 2.38 bits per heavy atom. The number of imidazole rings is 1. The molecule has 0 aliphatic carbocycles. The van der Waals surface area contributed by atoms with Gasteiger partial charge in [0.15, 0.2) is 0 Å². The predicted octanol–water partition coefficient (Wildman–Crippen LogP) is 1.25. The Balaban J connectivity index is 2.61. The van der Waals surface area contributed by atoms with Crippen LogP contribution < -0.4 is 5.73 Å². The fourth-order valence-electron chi connectivity index (χ4n) is 1.57. The molecule has 1 atom stereocenters. The zero-order chi connectivity index (χ0) is 12.0. The third-order valence-corrected chi connectivity index (χ3v) is 2.28. The van der Waals surface area contributed by atoms with Gasteiger partial charge in [-0.25, -0.2) is 4.98 Å². The minimum Gasteiger partial charge on any atom is -0.466 e. The fraction of sp³-hybridized carbons (Fsp3) is 0.636. The summed E-state index contributed by atoms with van der Waals surface area (Å²) in [6.07, 6.45) is 4.65. The van der Waals surface area contributed by atoms with Crippen molar-refractivity contribution in [2.24, 2.45) is 5.73 Å². The van der Waals surface area contributed by atoms with E-state index in [1.165, 1.54) is 0 Å². The van der Waals surface area contributed by atoms with Gasteiger partial charge in [-0.2, -0.15) is 0 Å². The van der Waals surface area contributed by atoms with Crippen LogP contribution in [0.4, 0.5) is 0 Å². The highest BCUT2D eigenvalue weighted by Crippen LogP contribution is 2.14. The lowest BCUT2D eigenvalue weighted by molar-refractivity contribution is -0.143. The Morgan fingerprint density at radius 3 is 3.00 bits per heavy atom. The summed E-state index contributed by atoms with van der Waals surface area (Å²) in [5.74, 6) is -0.265. The summed E-state index contributed by atoms with van der Waals surface area (Å²) in [6, 6.07) is -0.340. The molecular formula is C11H19N3O2. The third-order valence-electron chi connectivity index (χ3n) is 2.28. The van der Waals surface area contributed by atoms with Gasteiger partial charge >= 0.3 is 5.97 Å². The van der Waals surface area contributed by atoms with E-state index in [1.807, 2.05) is 4.57 Å². The average molecular weight is 225 g/mol. The van der Waals surface area contributed by atoms with E-state index in [4.69, 9.17) is 10.5 Å². The number of nitrogens with two attached hydrogens (primary N) is 1. The maximum Gasteiger partial charge on any atom is 0.307 e. The number of nitrogens with zero attached hydrogens (tertiary/aromatic N) is 2. The molecule has 0 bridgehead atoms. The SMILES string of the molecule is CCCn1cncc1[C@@H](N)CC(=O)OCC. The highest BCUT2D eigenvalue weighted by atomic mass is 16.5. The molecule has 1 aromatic heterocycles. The van der Waals surface area contributed by atoms with Gasteiger partial charge in [-0.1, -0.05) is 6.92 Å². The van der Waals surface area contributed by atoms with E-state index in [1.54, 1.807) is 19.4 Å². The van der Waals surface area contributed by atoms with Gasteiger partial charge < -0.3 is 15.0 Å². The van der Waals surface area contributed by atoms with Crippen LogP contribution in [0.1, 0.15) is 38.4 Å². The van der Waals surface area contributed by atoms with Crippen LogP contribution in [-0.4, -0.2) is 22.1 Å². The number of ether oxygens (including phenoxy) is 1. The van der Waals surface area contributed by atoms with Gasteiger partial charge in [0, 0.05) is 12.7 Å². The molecule has 0 radical (unpaired) electrons. The number of aromatic nitrogens is 2. The van der Waals surface area contributed by atoms with Crippen LogP contribution >= 0.6 is 0 Å². The molecule has 1 heterocycles. The Labute approximate surface area is 95.6 Å². The predicted molar refractivity (Wildman–Crippen MR) is 60.7 cm³/mol. The lowest BCUT2D eigenvalue weighted by Gasteiger charge is -2.13. The molecule has 2 N–H and O–H groups in total. The first kappa shape index (κ1) is 12.7. The van der Waals surface area contributed by atoms with Crippen LogP contribution in [0, 0.1) is 0 Å². The molecule has 0 unspecified atom stereocenters. The molecule has 90 valence electrons. The molecule has 0 spiro atoms. The molecule has 0 aliphatic rings. The number of hydrogen-bond donors (Lipinski definition) is 1. The van der Waals surface area contributed by atoms with E-state index in [9.17, 15) is 4.79 Å². The zero-order valence-electron chi connectivity index (χ0n) is 9.85. The first-order chi connectivity index (χ1) is 7.69. The second kappa shape index (κ2) is 6.27. The van der Waals surface area contributed by atoms with Gasteiger partial charge in [-0.05, 0) is 13.3 Å². The van der Waals surface area contributed by atoms with Crippen molar-refractivity contribution < 1.29 is 9.53 Å². The molecule has 5 nitrogen and oxygen atoms in total. The number of aryl methyl sites for hydroxylation is 1. The van der Waals surface area contributed by atoms with Crippen molar-refractivity contribution in [3.05, 3.63) is 18.2 Å². The maximum atomic E-state index is 11.3. The first-order valence-corrected chi connectivity index (χ1v) is 5.60. The van der Waals surface area contributed by atoms with Crippen molar-refractivity contribution in [2.45, 2.75) is 39.3 Å². The minimum atomic E-state index is -0.340. The van der Waals surface area contributed by atoms with E-state index in [0.717, 1.165) is 18.7 Å². The van der Waals surface area contributed by atoms with Crippen molar-refractivity contribution in [1.82, 2.24) is 9.55 Å². The molecule has 0 saturated carbocycles. The van der Waals surface area contributed by atoms with Gasteiger partial charge in [0.2, 0.25) is 0 Å². The van der Waals surface area contributed by atoms with Crippen molar-refractivity contribution in [3.63, 3.8) is 0 Å². The van der Waals surface area contributed by atoms with Gasteiger partial charge in [0.1, 0.15) is 0 Å². The summed E-state index contributed by atoms with van der Waals surface area (Å²) in [4.78, 5) is 15.3. The van der Waals surface area contributed by atoms with Crippen LogP contribution in [0.15, 0.2) is 12.5 Å². The molecule has 0 fully saturated rings. The number of carbonyl (C=O) groups is 1. The smallest absolute Gasteiger partial charge is 0.307 e. The zero-order valence-corrected chi connectivity index (χ0v) is 9.85. The van der Waals surface area contributed by atoms with Crippen molar-refractivity contribution in [1.29, 1.82) is 0 Å². The Hall–Kier alpha value is -1.36. The fourth-order valence-corrected chi connectivity index (χ4v) is 1.57. The normalized spacial score (nSPS) is 12.4. The molecule has 0 amide bonds. The topological polar surface area (TPSA) is 70.1 Å². The molecule has 0 aliphatic heterocycles. The standard InChI is InChI=1S/C11H19N3O2/c1-3-5-14-8-13-7-10(14)9(12)6-11(15)16-4-2/h7-9H,3-6,12H2,1-2H3/t9-/m0/s1. The van der Waals surface area contributed by atoms with Crippen LogP contribution in [-0.2, 0) is 16.1 Å². The second-order valence-corrected chi connectivity index (χ2v) is 3.63. The monoisotopic (exact) mass is 225 g/mol. The van der Waals surface area contributed by atoms with Gasteiger partial charge in [-0.15, -0.1) is 0 Å². The summed E-state index contributed by atoms with van der Waals surface area (Å²) >= 11 is 0. The third kappa shape index (κ3) is 3.34. The van der Waals surface area contributed by atoms with Crippen molar-refractivity contribution >= 4 is 5.97 Å². The molecule has 16 heavy (non-hydrogen) atoms. The van der Waals surface area contributed by atoms with E-state index in [-0.39, 0.29) is 18.4 Å². The van der Waals surface area contributed by atoms with Gasteiger partial charge in [-0.3, -0.25) is 4.79 Å². The Kier molecular flexibility index (Phi) is 4.98. The second-order valence-electron chi connectivity index (χ2n) is 3.63. The molecular weight excluding hydrogens is 206 g/mol. The van der Waals surface area contributed by atoms with Crippen LogP contribution in [0.3, 0.4) is 0 Å². The van der Waals surface area contributed by atoms with Crippen molar-refractivity contribution in [3.8, 4) is 0 Å². The molecule has 1 rings (SSSR count). The number of esters is 1. The number of carbonyl (C=O) groups excluding carboxylic acids is 1. The van der Waals surface area contributed by atoms with E-state index >= 15 is 0 Å². The first-order valence-electron chi connectivity index (χ1n) is 5.60. The van der Waals surface area contributed by atoms with Gasteiger partial charge in [0.25, 0.3) is 0 Å². The quantitative estimate of drug-likeness (QED) is 0.740. The molecule has 0 aromatic carbocycles. The summed E-state index contributed by atoms with van der Waals surface area (Å²) < 4.78 is 6.84. The Bertz CT molecular complexity index is 336. The number of hydrogen-bond acceptors (Lipinski definition) is 4. The Morgan fingerprint density at radius 1 is 1.62 bits per heavy atom. The lowest BCUT2D eigenvalue weighted by atomic mass is 10.1. The summed E-state index contributed by atoms with van der Waals surface area (Å²) in [6.45, 7) is 5.12.